The fraction of sp³-hybridized carbons (Fsp3) is 0.360. The van der Waals surface area contributed by atoms with Crippen molar-refractivity contribution in [2.75, 3.05) is 26.2 Å². The van der Waals surface area contributed by atoms with Crippen molar-refractivity contribution < 1.29 is 13.2 Å². The fourth-order valence-corrected chi connectivity index (χ4v) is 5.47. The quantitative estimate of drug-likeness (QED) is 0.553. The SMILES string of the molecule is CCC(C)c1ccc(S(=O)(=O)N2CCN(C(=O)c3ccc(-n4nccc4C)cc3)CC2)cc1. The number of carbonyl (C=O) groups is 1. The molecule has 2 heterocycles. The minimum atomic E-state index is -3.57. The van der Waals surface area contributed by atoms with Crippen molar-refractivity contribution in [1.29, 1.82) is 0 Å². The molecule has 4 rings (SSSR count). The van der Waals surface area contributed by atoms with Gasteiger partial charge in [-0.1, -0.05) is 26.0 Å². The van der Waals surface area contributed by atoms with Crippen LogP contribution in [0.1, 0.15) is 47.8 Å². The Kier molecular flexibility index (Phi) is 6.67. The predicted molar refractivity (Wildman–Crippen MR) is 128 cm³/mol. The zero-order chi connectivity index (χ0) is 23.6. The van der Waals surface area contributed by atoms with E-state index in [9.17, 15) is 13.2 Å². The van der Waals surface area contributed by atoms with E-state index in [0.29, 0.717) is 29.5 Å². The number of benzene rings is 2. The van der Waals surface area contributed by atoms with Crippen LogP contribution in [-0.2, 0) is 10.0 Å². The Morgan fingerprint density at radius 2 is 1.61 bits per heavy atom. The first kappa shape index (κ1) is 23.2. The minimum Gasteiger partial charge on any atom is -0.336 e. The summed E-state index contributed by atoms with van der Waals surface area (Å²) in [4.78, 5) is 15.0. The maximum absolute atomic E-state index is 13.1. The first-order valence-corrected chi connectivity index (χ1v) is 12.8. The number of rotatable bonds is 6. The Hall–Kier alpha value is -2.97. The van der Waals surface area contributed by atoms with Gasteiger partial charge in [-0.25, -0.2) is 13.1 Å². The van der Waals surface area contributed by atoms with Gasteiger partial charge in [0.25, 0.3) is 5.91 Å². The number of carbonyl (C=O) groups excluding carboxylic acids is 1. The molecular formula is C25H30N4O3S. The molecule has 0 radical (unpaired) electrons. The van der Waals surface area contributed by atoms with Gasteiger partial charge in [-0.05, 0) is 67.3 Å². The van der Waals surface area contributed by atoms with Gasteiger partial charge in [0.2, 0.25) is 10.0 Å². The molecule has 1 unspecified atom stereocenters. The van der Waals surface area contributed by atoms with Gasteiger partial charge < -0.3 is 4.90 Å². The number of amides is 1. The van der Waals surface area contributed by atoms with E-state index < -0.39 is 10.0 Å². The topological polar surface area (TPSA) is 75.5 Å². The first-order valence-electron chi connectivity index (χ1n) is 11.3. The average molecular weight is 467 g/mol. The van der Waals surface area contributed by atoms with Crippen molar-refractivity contribution in [3.05, 3.63) is 77.6 Å². The molecule has 174 valence electrons. The van der Waals surface area contributed by atoms with Crippen LogP contribution in [0.4, 0.5) is 0 Å². The van der Waals surface area contributed by atoms with Crippen molar-refractivity contribution in [2.24, 2.45) is 0 Å². The summed E-state index contributed by atoms with van der Waals surface area (Å²) in [5.74, 6) is 0.308. The smallest absolute Gasteiger partial charge is 0.253 e. The van der Waals surface area contributed by atoms with Gasteiger partial charge in [-0.3, -0.25) is 4.79 Å². The summed E-state index contributed by atoms with van der Waals surface area (Å²) in [5.41, 5.74) is 3.63. The molecule has 3 aromatic rings. The van der Waals surface area contributed by atoms with Gasteiger partial charge in [0.05, 0.1) is 10.6 Å². The molecule has 8 heteroatoms. The summed E-state index contributed by atoms with van der Waals surface area (Å²) in [6.07, 6.45) is 2.75. The second-order valence-electron chi connectivity index (χ2n) is 8.51. The summed E-state index contributed by atoms with van der Waals surface area (Å²) in [5, 5.41) is 4.28. The van der Waals surface area contributed by atoms with Crippen LogP contribution in [0.25, 0.3) is 5.69 Å². The third-order valence-electron chi connectivity index (χ3n) is 6.42. The number of sulfonamides is 1. The molecular weight excluding hydrogens is 436 g/mol. The van der Waals surface area contributed by atoms with Crippen molar-refractivity contribution in [2.45, 2.75) is 38.0 Å². The molecule has 0 saturated carbocycles. The first-order chi connectivity index (χ1) is 15.8. The molecule has 0 aliphatic carbocycles. The van der Waals surface area contributed by atoms with Crippen LogP contribution in [0.2, 0.25) is 0 Å². The van der Waals surface area contributed by atoms with Gasteiger partial charge in [0.15, 0.2) is 0 Å². The van der Waals surface area contributed by atoms with E-state index in [0.717, 1.165) is 23.4 Å². The van der Waals surface area contributed by atoms with E-state index in [1.165, 1.54) is 4.31 Å². The van der Waals surface area contributed by atoms with E-state index >= 15 is 0 Å². The molecule has 1 amide bonds. The van der Waals surface area contributed by atoms with E-state index in [1.54, 1.807) is 35.4 Å². The van der Waals surface area contributed by atoms with Crippen molar-refractivity contribution in [3.63, 3.8) is 0 Å². The summed E-state index contributed by atoms with van der Waals surface area (Å²) >= 11 is 0. The maximum atomic E-state index is 13.1. The predicted octanol–water partition coefficient (Wildman–Crippen LogP) is 3.84. The van der Waals surface area contributed by atoms with Crippen LogP contribution in [0.5, 0.6) is 0 Å². The molecule has 33 heavy (non-hydrogen) atoms. The Balaban J connectivity index is 1.40. The molecule has 1 atom stereocenters. The highest BCUT2D eigenvalue weighted by Gasteiger charge is 2.30. The molecule has 1 aliphatic rings. The Bertz CT molecular complexity index is 1210. The van der Waals surface area contributed by atoms with E-state index in [4.69, 9.17) is 0 Å². The maximum Gasteiger partial charge on any atom is 0.253 e. The third-order valence-corrected chi connectivity index (χ3v) is 8.33. The van der Waals surface area contributed by atoms with Crippen LogP contribution in [0.3, 0.4) is 0 Å². The van der Waals surface area contributed by atoms with Gasteiger partial charge in [0, 0.05) is 43.6 Å². The number of aromatic nitrogens is 2. The molecule has 1 fully saturated rings. The van der Waals surface area contributed by atoms with Gasteiger partial charge in [-0.2, -0.15) is 9.40 Å². The zero-order valence-electron chi connectivity index (χ0n) is 19.3. The summed E-state index contributed by atoms with van der Waals surface area (Å²) in [6.45, 7) is 7.51. The molecule has 1 aliphatic heterocycles. The summed E-state index contributed by atoms with van der Waals surface area (Å²) < 4.78 is 29.4. The number of aryl methyl sites for hydroxylation is 1. The highest BCUT2D eigenvalue weighted by atomic mass is 32.2. The fourth-order valence-electron chi connectivity index (χ4n) is 4.05. The molecule has 0 N–H and O–H groups in total. The highest BCUT2D eigenvalue weighted by Crippen LogP contribution is 2.23. The van der Waals surface area contributed by atoms with Crippen molar-refractivity contribution >= 4 is 15.9 Å². The molecule has 1 saturated heterocycles. The lowest BCUT2D eigenvalue weighted by Gasteiger charge is -2.34. The van der Waals surface area contributed by atoms with Gasteiger partial charge in [-0.15, -0.1) is 0 Å². The lowest BCUT2D eigenvalue weighted by atomic mass is 9.99. The van der Waals surface area contributed by atoms with Crippen molar-refractivity contribution in [3.8, 4) is 5.69 Å². The minimum absolute atomic E-state index is 0.0892. The number of piperazine rings is 1. The lowest BCUT2D eigenvalue weighted by molar-refractivity contribution is 0.0698. The summed E-state index contributed by atoms with van der Waals surface area (Å²) in [7, 11) is -3.57. The van der Waals surface area contributed by atoms with Crippen LogP contribution < -0.4 is 0 Å². The highest BCUT2D eigenvalue weighted by molar-refractivity contribution is 7.89. The average Bonchev–Trinajstić information content (AvgIpc) is 3.29. The third kappa shape index (κ3) is 4.72. The van der Waals surface area contributed by atoms with E-state index in [1.807, 2.05) is 41.9 Å². The molecule has 7 nitrogen and oxygen atoms in total. The largest absolute Gasteiger partial charge is 0.336 e. The standard InChI is InChI=1S/C25H30N4O3S/c1-4-19(2)21-7-11-24(12-8-21)33(31,32)28-17-15-27(16-18-28)25(30)22-5-9-23(10-6-22)29-20(3)13-14-26-29/h5-14,19H,4,15-18H2,1-3H3. The number of nitrogens with zero attached hydrogens (tertiary/aromatic N) is 4. The van der Waals surface area contributed by atoms with Gasteiger partial charge in [0.1, 0.15) is 0 Å². The number of hydrogen-bond acceptors (Lipinski definition) is 4. The van der Waals surface area contributed by atoms with Crippen molar-refractivity contribution in [1.82, 2.24) is 19.0 Å². The Morgan fingerprint density at radius 3 is 2.15 bits per heavy atom. The Morgan fingerprint density at radius 1 is 0.970 bits per heavy atom. The molecule has 0 spiro atoms. The lowest BCUT2D eigenvalue weighted by Crippen LogP contribution is -2.50. The second-order valence-corrected chi connectivity index (χ2v) is 10.4. The second kappa shape index (κ2) is 9.49. The monoisotopic (exact) mass is 466 g/mol. The van der Waals surface area contributed by atoms with Crippen LogP contribution >= 0.6 is 0 Å². The molecule has 2 aromatic carbocycles. The van der Waals surface area contributed by atoms with Crippen LogP contribution in [0.15, 0.2) is 65.7 Å². The summed E-state index contributed by atoms with van der Waals surface area (Å²) in [6, 6.07) is 16.4. The van der Waals surface area contributed by atoms with E-state index in [2.05, 4.69) is 18.9 Å². The zero-order valence-corrected chi connectivity index (χ0v) is 20.1. The number of hydrogen-bond donors (Lipinski definition) is 0. The molecule has 0 bridgehead atoms. The van der Waals surface area contributed by atoms with Gasteiger partial charge >= 0.3 is 0 Å². The normalized spacial score (nSPS) is 16.0. The van der Waals surface area contributed by atoms with Crippen LogP contribution in [0, 0.1) is 6.92 Å². The molecule has 1 aromatic heterocycles. The van der Waals surface area contributed by atoms with Crippen LogP contribution in [-0.4, -0.2) is 59.5 Å². The van der Waals surface area contributed by atoms with E-state index in [-0.39, 0.29) is 19.0 Å². The Labute approximate surface area is 195 Å².